The quantitative estimate of drug-likeness (QED) is 0.529. The van der Waals surface area contributed by atoms with Crippen LogP contribution >= 0.6 is 0 Å². The number of hydrogen-bond acceptors (Lipinski definition) is 2. The molecule has 0 atom stereocenters. The Balaban J connectivity index is 0.000000276. The Labute approximate surface area is 84.2 Å². The van der Waals surface area contributed by atoms with Gasteiger partial charge >= 0.3 is 0 Å². The van der Waals surface area contributed by atoms with Gasteiger partial charge in [0.2, 0.25) is 0 Å². The summed E-state index contributed by atoms with van der Waals surface area (Å²) in [6.07, 6.45) is 5.50. The Kier molecular flexibility index (Phi) is 3.92. The van der Waals surface area contributed by atoms with Gasteiger partial charge in [-0.1, -0.05) is 12.2 Å². The Morgan fingerprint density at radius 3 is 2.00 bits per heavy atom. The zero-order chi connectivity index (χ0) is 10.4. The number of Topliss-reactive ketones (excluding diaryl/α,β-unsaturated/α-hetero) is 1. The summed E-state index contributed by atoms with van der Waals surface area (Å²) in [4.78, 5) is 10.8. The van der Waals surface area contributed by atoms with E-state index in [2.05, 4.69) is 12.2 Å². The highest BCUT2D eigenvalue weighted by Gasteiger charge is 1.97. The van der Waals surface area contributed by atoms with Crippen LogP contribution in [-0.2, 0) is 0 Å². The minimum absolute atomic E-state index is 0.0765. The summed E-state index contributed by atoms with van der Waals surface area (Å²) in [5, 5.41) is 0. The highest BCUT2D eigenvalue weighted by Crippen LogP contribution is 2.11. The smallest absolute Gasteiger partial charge is 0.159 e. The van der Waals surface area contributed by atoms with Crippen LogP contribution in [0.1, 0.15) is 23.7 Å². The monoisotopic (exact) mass is 190 g/mol. The second-order valence-electron chi connectivity index (χ2n) is 2.99. The van der Waals surface area contributed by atoms with Crippen molar-refractivity contribution in [3.8, 4) is 5.75 Å². The van der Waals surface area contributed by atoms with Crippen LogP contribution in [0.15, 0.2) is 36.4 Å². The van der Waals surface area contributed by atoms with Gasteiger partial charge in [-0.05, 0) is 37.6 Å². The van der Waals surface area contributed by atoms with E-state index in [1.54, 1.807) is 38.3 Å². The molecule has 0 spiro atoms. The van der Waals surface area contributed by atoms with E-state index in [1.165, 1.54) is 6.42 Å². The first-order valence-corrected chi connectivity index (χ1v) is 4.54. The van der Waals surface area contributed by atoms with Gasteiger partial charge < -0.3 is 4.74 Å². The molecule has 14 heavy (non-hydrogen) atoms. The molecule has 0 N–H and O–H groups in total. The third kappa shape index (κ3) is 3.90. The number of methoxy groups -OCH3 is 1. The Bertz CT molecular complexity index is 319. The van der Waals surface area contributed by atoms with Crippen molar-refractivity contribution in [1.82, 2.24) is 0 Å². The molecule has 2 rings (SSSR count). The SMILES string of the molecule is C1=CC1.COc1ccc(C(C)=O)cc1. The summed E-state index contributed by atoms with van der Waals surface area (Å²) < 4.78 is 4.94. The molecule has 0 amide bonds. The van der Waals surface area contributed by atoms with Crippen LogP contribution in [0.25, 0.3) is 0 Å². The van der Waals surface area contributed by atoms with Crippen LogP contribution in [0, 0.1) is 0 Å². The predicted octanol–water partition coefficient (Wildman–Crippen LogP) is 2.84. The lowest BCUT2D eigenvalue weighted by atomic mass is 10.1. The van der Waals surface area contributed by atoms with Crippen LogP contribution in [0.5, 0.6) is 5.75 Å². The van der Waals surface area contributed by atoms with E-state index in [0.717, 1.165) is 5.75 Å². The number of benzene rings is 1. The molecule has 1 aliphatic carbocycles. The summed E-state index contributed by atoms with van der Waals surface area (Å²) in [6.45, 7) is 1.54. The summed E-state index contributed by atoms with van der Waals surface area (Å²) in [5.74, 6) is 0.850. The lowest BCUT2D eigenvalue weighted by Gasteiger charge is -1.98. The molecule has 0 aliphatic heterocycles. The molecule has 2 nitrogen and oxygen atoms in total. The van der Waals surface area contributed by atoms with Gasteiger partial charge in [0.15, 0.2) is 5.78 Å². The number of carbonyl (C=O) groups excluding carboxylic acids is 1. The van der Waals surface area contributed by atoms with E-state index < -0.39 is 0 Å². The van der Waals surface area contributed by atoms with Gasteiger partial charge in [-0.25, -0.2) is 0 Å². The molecule has 74 valence electrons. The molecule has 0 saturated carbocycles. The van der Waals surface area contributed by atoms with Gasteiger partial charge in [-0.2, -0.15) is 0 Å². The lowest BCUT2D eigenvalue weighted by molar-refractivity contribution is 0.101. The Morgan fingerprint density at radius 1 is 1.21 bits per heavy atom. The van der Waals surface area contributed by atoms with E-state index in [0.29, 0.717) is 5.56 Å². The van der Waals surface area contributed by atoms with Crippen molar-refractivity contribution in [2.45, 2.75) is 13.3 Å². The Morgan fingerprint density at radius 2 is 1.71 bits per heavy atom. The van der Waals surface area contributed by atoms with Gasteiger partial charge in [0.05, 0.1) is 7.11 Å². The standard InChI is InChI=1S/C9H10O2.C3H4/c1-7(10)8-3-5-9(11-2)6-4-8;1-2-3-1/h3-6H,1-2H3;1-2H,3H2. The zero-order valence-corrected chi connectivity index (χ0v) is 8.49. The second kappa shape index (κ2) is 5.22. The minimum Gasteiger partial charge on any atom is -0.497 e. The van der Waals surface area contributed by atoms with Gasteiger partial charge in [0, 0.05) is 5.56 Å². The fourth-order valence-corrected chi connectivity index (χ4v) is 0.826. The van der Waals surface area contributed by atoms with Crippen LogP contribution in [0.3, 0.4) is 0 Å². The maximum atomic E-state index is 10.8. The molecule has 2 heteroatoms. The molecule has 0 unspecified atom stereocenters. The van der Waals surface area contributed by atoms with Crippen molar-refractivity contribution in [2.24, 2.45) is 0 Å². The number of rotatable bonds is 2. The van der Waals surface area contributed by atoms with E-state index in [-0.39, 0.29) is 5.78 Å². The molecule has 0 bridgehead atoms. The third-order valence-electron chi connectivity index (χ3n) is 1.73. The molecule has 0 fully saturated rings. The largest absolute Gasteiger partial charge is 0.497 e. The molecule has 0 saturated heterocycles. The van der Waals surface area contributed by atoms with Crippen LogP contribution in [0.2, 0.25) is 0 Å². The maximum absolute atomic E-state index is 10.8. The molecule has 1 aromatic rings. The van der Waals surface area contributed by atoms with Crippen molar-refractivity contribution in [3.63, 3.8) is 0 Å². The first kappa shape index (κ1) is 10.5. The third-order valence-corrected chi connectivity index (χ3v) is 1.73. The summed E-state index contributed by atoms with van der Waals surface area (Å²) in [7, 11) is 1.60. The first-order valence-electron chi connectivity index (χ1n) is 4.54. The first-order chi connectivity index (χ1) is 6.74. The second-order valence-corrected chi connectivity index (χ2v) is 2.99. The normalized spacial score (nSPS) is 11.3. The average Bonchev–Trinajstić information content (AvgIpc) is 3.05. The van der Waals surface area contributed by atoms with Crippen molar-refractivity contribution in [1.29, 1.82) is 0 Å². The highest BCUT2D eigenvalue weighted by atomic mass is 16.5. The summed E-state index contributed by atoms with van der Waals surface area (Å²) in [6, 6.07) is 7.05. The molecular formula is C12H14O2. The lowest BCUT2D eigenvalue weighted by Crippen LogP contribution is -1.91. The van der Waals surface area contributed by atoms with E-state index in [1.807, 2.05) is 0 Å². The van der Waals surface area contributed by atoms with Crippen molar-refractivity contribution >= 4 is 5.78 Å². The minimum atomic E-state index is 0.0765. The molecule has 0 heterocycles. The van der Waals surface area contributed by atoms with Crippen molar-refractivity contribution < 1.29 is 9.53 Å². The highest BCUT2D eigenvalue weighted by molar-refractivity contribution is 5.94. The maximum Gasteiger partial charge on any atom is 0.159 e. The topological polar surface area (TPSA) is 26.3 Å². The zero-order valence-electron chi connectivity index (χ0n) is 8.49. The van der Waals surface area contributed by atoms with E-state index in [4.69, 9.17) is 4.74 Å². The van der Waals surface area contributed by atoms with Gasteiger partial charge in [0.1, 0.15) is 5.75 Å². The van der Waals surface area contributed by atoms with Crippen molar-refractivity contribution in [2.75, 3.05) is 7.11 Å². The van der Waals surface area contributed by atoms with Gasteiger partial charge in [-0.15, -0.1) is 0 Å². The van der Waals surface area contributed by atoms with Gasteiger partial charge in [-0.3, -0.25) is 4.79 Å². The average molecular weight is 190 g/mol. The van der Waals surface area contributed by atoms with E-state index in [9.17, 15) is 4.79 Å². The number of ether oxygens (including phenoxy) is 1. The van der Waals surface area contributed by atoms with Crippen LogP contribution < -0.4 is 4.74 Å². The van der Waals surface area contributed by atoms with Crippen LogP contribution in [-0.4, -0.2) is 12.9 Å². The number of ketones is 1. The number of hydrogen-bond donors (Lipinski definition) is 0. The van der Waals surface area contributed by atoms with Crippen molar-refractivity contribution in [3.05, 3.63) is 42.0 Å². The molecule has 1 aromatic carbocycles. The number of carbonyl (C=O) groups is 1. The fraction of sp³-hybridized carbons (Fsp3) is 0.250. The summed E-state index contributed by atoms with van der Waals surface area (Å²) >= 11 is 0. The molecule has 0 radical (unpaired) electrons. The van der Waals surface area contributed by atoms with E-state index >= 15 is 0 Å². The summed E-state index contributed by atoms with van der Waals surface area (Å²) in [5.41, 5.74) is 0.714. The fourth-order valence-electron chi connectivity index (χ4n) is 0.826. The molecule has 1 aliphatic rings. The number of allylic oxidation sites excluding steroid dienone is 2. The van der Waals surface area contributed by atoms with Crippen LogP contribution in [0.4, 0.5) is 0 Å². The predicted molar refractivity (Wildman–Crippen MR) is 56.8 cm³/mol. The Hall–Kier alpha value is -1.57. The molecular weight excluding hydrogens is 176 g/mol. The molecule has 0 aromatic heterocycles. The van der Waals surface area contributed by atoms with Gasteiger partial charge in [0.25, 0.3) is 0 Å².